The van der Waals surface area contributed by atoms with Gasteiger partial charge in [0.1, 0.15) is 0 Å². The lowest BCUT2D eigenvalue weighted by Gasteiger charge is -2.37. The van der Waals surface area contributed by atoms with Crippen molar-refractivity contribution in [3.63, 3.8) is 0 Å². The van der Waals surface area contributed by atoms with Crippen LogP contribution in [0.4, 0.5) is 5.95 Å². The molecule has 2 N–H and O–H groups in total. The largest absolute Gasteiger partial charge is 0.393 e. The molecule has 0 unspecified atom stereocenters. The third-order valence-corrected chi connectivity index (χ3v) is 5.38. The number of aliphatic hydroxyl groups is 1. The van der Waals surface area contributed by atoms with Crippen LogP contribution in [-0.2, 0) is 19.9 Å². The molecule has 0 amide bonds. The summed E-state index contributed by atoms with van der Waals surface area (Å²) in [6.45, 7) is 2.09. The molecule has 1 saturated carbocycles. The standard InChI is InChI=1S/C18H25N5O/c1-11-15-5-3-4-6-16(15)21-18(20-11)22-17(12-7-14(24)8-12)13-9-19-23(2)10-13/h9-10,12,14,17,24H,3-8H2,1-2H3,(H,20,21,22)/t12?,14?,17-/m1/s1. The van der Waals surface area contributed by atoms with Crippen LogP contribution >= 0.6 is 0 Å². The topological polar surface area (TPSA) is 75.9 Å². The molecule has 0 saturated heterocycles. The van der Waals surface area contributed by atoms with Crippen LogP contribution in [-0.4, -0.2) is 31.0 Å². The molecule has 0 spiro atoms. The molecule has 2 aromatic rings. The molecule has 2 heterocycles. The maximum Gasteiger partial charge on any atom is 0.223 e. The van der Waals surface area contributed by atoms with Crippen LogP contribution < -0.4 is 5.32 Å². The first-order valence-electron chi connectivity index (χ1n) is 8.89. The third-order valence-electron chi connectivity index (χ3n) is 5.38. The van der Waals surface area contributed by atoms with Gasteiger partial charge in [-0.25, -0.2) is 9.97 Å². The van der Waals surface area contributed by atoms with E-state index < -0.39 is 0 Å². The van der Waals surface area contributed by atoms with Crippen LogP contribution in [0, 0.1) is 12.8 Å². The molecular weight excluding hydrogens is 302 g/mol. The van der Waals surface area contributed by atoms with E-state index in [0.29, 0.717) is 11.9 Å². The van der Waals surface area contributed by atoms with Gasteiger partial charge in [-0.05, 0) is 56.9 Å². The SMILES string of the molecule is Cc1nc(N[C@@H](c2cnn(C)c2)C2CC(O)C2)nc2c1CCCC2. The quantitative estimate of drug-likeness (QED) is 0.901. The Kier molecular flexibility index (Phi) is 4.00. The lowest BCUT2D eigenvalue weighted by molar-refractivity contribution is 0.0338. The van der Waals surface area contributed by atoms with Gasteiger partial charge in [-0.1, -0.05) is 0 Å². The van der Waals surface area contributed by atoms with E-state index in [1.54, 1.807) is 0 Å². The van der Waals surface area contributed by atoms with E-state index in [1.807, 2.05) is 24.1 Å². The van der Waals surface area contributed by atoms with Gasteiger partial charge in [0, 0.05) is 30.2 Å². The highest BCUT2D eigenvalue weighted by Crippen LogP contribution is 2.39. The van der Waals surface area contributed by atoms with Crippen LogP contribution in [0.2, 0.25) is 0 Å². The first-order chi connectivity index (χ1) is 11.6. The summed E-state index contributed by atoms with van der Waals surface area (Å²) in [5.74, 6) is 1.10. The predicted octanol–water partition coefficient (Wildman–Crippen LogP) is 2.32. The van der Waals surface area contributed by atoms with Crippen LogP contribution in [0.15, 0.2) is 12.4 Å². The summed E-state index contributed by atoms with van der Waals surface area (Å²) >= 11 is 0. The van der Waals surface area contributed by atoms with Crippen molar-refractivity contribution in [3.8, 4) is 0 Å². The molecule has 0 bridgehead atoms. The van der Waals surface area contributed by atoms with E-state index in [0.717, 1.165) is 36.9 Å². The van der Waals surface area contributed by atoms with Gasteiger partial charge in [0.25, 0.3) is 0 Å². The van der Waals surface area contributed by atoms with Crippen molar-refractivity contribution in [3.05, 3.63) is 34.9 Å². The summed E-state index contributed by atoms with van der Waals surface area (Å²) in [5.41, 5.74) is 4.77. The maximum atomic E-state index is 9.71. The van der Waals surface area contributed by atoms with E-state index in [4.69, 9.17) is 9.97 Å². The molecule has 1 fully saturated rings. The summed E-state index contributed by atoms with van der Waals surface area (Å²) in [6, 6.07) is 0.100. The summed E-state index contributed by atoms with van der Waals surface area (Å²) < 4.78 is 1.82. The second kappa shape index (κ2) is 6.16. The fourth-order valence-electron chi connectivity index (χ4n) is 3.96. The van der Waals surface area contributed by atoms with E-state index in [9.17, 15) is 5.11 Å². The minimum absolute atomic E-state index is 0.100. The summed E-state index contributed by atoms with van der Waals surface area (Å²) in [4.78, 5) is 9.50. The maximum absolute atomic E-state index is 9.71. The Morgan fingerprint density at radius 3 is 2.75 bits per heavy atom. The van der Waals surface area contributed by atoms with E-state index >= 15 is 0 Å². The van der Waals surface area contributed by atoms with Crippen molar-refractivity contribution in [1.29, 1.82) is 0 Å². The van der Waals surface area contributed by atoms with Gasteiger partial charge in [0.15, 0.2) is 0 Å². The van der Waals surface area contributed by atoms with E-state index in [-0.39, 0.29) is 12.1 Å². The minimum atomic E-state index is -0.179. The number of aryl methyl sites for hydroxylation is 3. The van der Waals surface area contributed by atoms with Gasteiger partial charge in [-0.15, -0.1) is 0 Å². The fraction of sp³-hybridized carbons (Fsp3) is 0.611. The number of aliphatic hydroxyl groups excluding tert-OH is 1. The van der Waals surface area contributed by atoms with E-state index in [1.165, 1.54) is 24.1 Å². The predicted molar refractivity (Wildman–Crippen MR) is 91.7 cm³/mol. The van der Waals surface area contributed by atoms with Crippen molar-refractivity contribution in [1.82, 2.24) is 19.7 Å². The normalized spacial score (nSPS) is 24.1. The Morgan fingerprint density at radius 1 is 1.25 bits per heavy atom. The van der Waals surface area contributed by atoms with Crippen molar-refractivity contribution in [2.24, 2.45) is 13.0 Å². The van der Waals surface area contributed by atoms with Gasteiger partial charge in [0.2, 0.25) is 5.95 Å². The van der Waals surface area contributed by atoms with Crippen LogP contribution in [0.5, 0.6) is 0 Å². The molecular formula is C18H25N5O. The summed E-state index contributed by atoms with van der Waals surface area (Å²) in [7, 11) is 1.93. The highest BCUT2D eigenvalue weighted by molar-refractivity contribution is 5.38. The number of rotatable bonds is 4. The van der Waals surface area contributed by atoms with Crippen molar-refractivity contribution in [2.45, 2.75) is 57.6 Å². The smallest absolute Gasteiger partial charge is 0.223 e. The van der Waals surface area contributed by atoms with Gasteiger partial charge in [0.05, 0.1) is 18.3 Å². The number of fused-ring (bicyclic) bond motifs is 1. The van der Waals surface area contributed by atoms with Crippen LogP contribution in [0.1, 0.15) is 54.2 Å². The Morgan fingerprint density at radius 2 is 2.04 bits per heavy atom. The van der Waals surface area contributed by atoms with Gasteiger partial charge < -0.3 is 10.4 Å². The molecule has 0 aliphatic heterocycles. The Hall–Kier alpha value is -1.95. The molecule has 2 aromatic heterocycles. The molecule has 1 atom stereocenters. The zero-order valence-electron chi connectivity index (χ0n) is 14.4. The zero-order chi connectivity index (χ0) is 16.7. The average molecular weight is 327 g/mol. The van der Waals surface area contributed by atoms with Crippen molar-refractivity contribution in [2.75, 3.05) is 5.32 Å². The molecule has 0 aromatic carbocycles. The lowest BCUT2D eigenvalue weighted by Crippen LogP contribution is -2.36. The molecule has 128 valence electrons. The number of aromatic nitrogens is 4. The molecule has 0 radical (unpaired) electrons. The number of nitrogens with zero attached hydrogens (tertiary/aromatic N) is 4. The van der Waals surface area contributed by atoms with Gasteiger partial charge in [-0.2, -0.15) is 5.10 Å². The highest BCUT2D eigenvalue weighted by Gasteiger charge is 2.36. The van der Waals surface area contributed by atoms with Crippen molar-refractivity contribution < 1.29 is 5.11 Å². The highest BCUT2D eigenvalue weighted by atomic mass is 16.3. The Balaban J connectivity index is 1.61. The number of nitrogens with one attached hydrogen (secondary N) is 1. The summed E-state index contributed by atoms with van der Waals surface area (Å²) in [5, 5.41) is 17.5. The third kappa shape index (κ3) is 2.90. The molecule has 6 nitrogen and oxygen atoms in total. The second-order valence-corrected chi connectivity index (χ2v) is 7.22. The van der Waals surface area contributed by atoms with Gasteiger partial charge in [-0.3, -0.25) is 4.68 Å². The molecule has 24 heavy (non-hydrogen) atoms. The number of anilines is 1. The van der Waals surface area contributed by atoms with E-state index in [2.05, 4.69) is 17.3 Å². The second-order valence-electron chi connectivity index (χ2n) is 7.22. The summed E-state index contributed by atoms with van der Waals surface area (Å²) in [6.07, 6.45) is 9.98. The molecule has 4 rings (SSSR count). The average Bonchev–Trinajstić information content (AvgIpc) is 2.96. The molecule has 2 aliphatic rings. The lowest BCUT2D eigenvalue weighted by atomic mass is 9.75. The molecule has 6 heteroatoms. The Bertz CT molecular complexity index is 735. The fourth-order valence-corrected chi connectivity index (χ4v) is 3.96. The monoisotopic (exact) mass is 327 g/mol. The van der Waals surface area contributed by atoms with Gasteiger partial charge >= 0.3 is 0 Å². The number of hydrogen-bond donors (Lipinski definition) is 2. The zero-order valence-corrected chi connectivity index (χ0v) is 14.4. The number of hydrogen-bond acceptors (Lipinski definition) is 5. The van der Waals surface area contributed by atoms with Crippen LogP contribution in [0.25, 0.3) is 0 Å². The first-order valence-corrected chi connectivity index (χ1v) is 8.89. The Labute approximate surface area is 142 Å². The molecule has 2 aliphatic carbocycles. The van der Waals surface area contributed by atoms with Crippen molar-refractivity contribution >= 4 is 5.95 Å². The van der Waals surface area contributed by atoms with Crippen LogP contribution in [0.3, 0.4) is 0 Å². The first kappa shape index (κ1) is 15.6. The minimum Gasteiger partial charge on any atom is -0.393 e.